The molecule has 0 saturated carbocycles. The van der Waals surface area contributed by atoms with Crippen LogP contribution in [0.1, 0.15) is 33.3 Å². The number of carbonyl (C=O) groups is 2. The number of rotatable bonds is 4. The van der Waals surface area contributed by atoms with Crippen LogP contribution in [0.4, 0.5) is 0 Å². The highest BCUT2D eigenvalue weighted by molar-refractivity contribution is 6.30. The van der Waals surface area contributed by atoms with Crippen molar-refractivity contribution in [2.24, 2.45) is 0 Å². The predicted molar refractivity (Wildman–Crippen MR) is 80.4 cm³/mol. The summed E-state index contributed by atoms with van der Waals surface area (Å²) < 4.78 is 0. The van der Waals surface area contributed by atoms with E-state index in [1.807, 2.05) is 32.9 Å². The minimum absolute atomic E-state index is 0.0508. The van der Waals surface area contributed by atoms with Crippen LogP contribution in [0.2, 0.25) is 5.02 Å². The summed E-state index contributed by atoms with van der Waals surface area (Å²) in [5.74, 6) is -0.300. The highest BCUT2D eigenvalue weighted by atomic mass is 35.5. The van der Waals surface area contributed by atoms with E-state index in [0.29, 0.717) is 11.6 Å². The Labute approximate surface area is 125 Å². The zero-order chi connectivity index (χ0) is 15.3. The minimum atomic E-state index is -0.306. The fourth-order valence-electron chi connectivity index (χ4n) is 1.72. The number of carbonyl (C=O) groups excluding carboxylic acids is 2. The van der Waals surface area contributed by atoms with Crippen LogP contribution in [-0.4, -0.2) is 28.8 Å². The van der Waals surface area contributed by atoms with Crippen molar-refractivity contribution in [2.75, 3.05) is 6.54 Å². The molecule has 0 atom stereocenters. The van der Waals surface area contributed by atoms with Crippen LogP contribution in [0.3, 0.4) is 0 Å². The Morgan fingerprint density at radius 1 is 1.20 bits per heavy atom. The molecule has 0 aliphatic heterocycles. The highest BCUT2D eigenvalue weighted by Crippen LogP contribution is 2.11. The summed E-state index contributed by atoms with van der Waals surface area (Å²) >= 11 is 5.82. The van der Waals surface area contributed by atoms with Crippen molar-refractivity contribution in [3.63, 3.8) is 0 Å². The van der Waals surface area contributed by atoms with Gasteiger partial charge in [0.25, 0.3) is 0 Å². The van der Waals surface area contributed by atoms with Crippen molar-refractivity contribution in [3.8, 4) is 0 Å². The fraction of sp³-hybridized carbons (Fsp3) is 0.467. The van der Waals surface area contributed by atoms with Crippen molar-refractivity contribution in [3.05, 3.63) is 34.9 Å². The lowest BCUT2D eigenvalue weighted by Gasteiger charge is -2.25. The van der Waals surface area contributed by atoms with Gasteiger partial charge < -0.3 is 10.2 Å². The lowest BCUT2D eigenvalue weighted by atomic mass is 10.1. The smallest absolute Gasteiger partial charge is 0.240 e. The summed E-state index contributed by atoms with van der Waals surface area (Å²) in [5.41, 5.74) is 0.632. The van der Waals surface area contributed by atoms with Gasteiger partial charge in [0.1, 0.15) is 0 Å². The van der Waals surface area contributed by atoms with Gasteiger partial charge in [-0.05, 0) is 38.5 Å². The summed E-state index contributed by atoms with van der Waals surface area (Å²) in [4.78, 5) is 25.0. The van der Waals surface area contributed by atoms with Gasteiger partial charge in [-0.2, -0.15) is 0 Å². The Morgan fingerprint density at radius 2 is 1.75 bits per heavy atom. The molecule has 1 aromatic rings. The van der Waals surface area contributed by atoms with Crippen LogP contribution in [-0.2, 0) is 16.1 Å². The number of amides is 2. The molecule has 0 saturated heterocycles. The number of nitrogens with zero attached hydrogens (tertiary/aromatic N) is 1. The van der Waals surface area contributed by atoms with Crippen LogP contribution in [0.5, 0.6) is 0 Å². The van der Waals surface area contributed by atoms with Crippen LogP contribution in [0, 0.1) is 0 Å². The second-order valence-corrected chi connectivity index (χ2v) is 6.24. The summed E-state index contributed by atoms with van der Waals surface area (Å²) in [7, 11) is 0. The average Bonchev–Trinajstić information content (AvgIpc) is 2.28. The molecule has 110 valence electrons. The molecule has 5 heteroatoms. The van der Waals surface area contributed by atoms with Crippen molar-refractivity contribution < 1.29 is 9.59 Å². The predicted octanol–water partition coefficient (Wildman–Crippen LogP) is 2.60. The molecular weight excluding hydrogens is 276 g/mol. The number of halogens is 1. The van der Waals surface area contributed by atoms with E-state index < -0.39 is 0 Å². The number of nitrogens with one attached hydrogen (secondary N) is 1. The molecule has 1 N–H and O–H groups in total. The van der Waals surface area contributed by atoms with E-state index in [9.17, 15) is 9.59 Å². The largest absolute Gasteiger partial charge is 0.350 e. The first kappa shape index (κ1) is 16.5. The zero-order valence-corrected chi connectivity index (χ0v) is 13.1. The van der Waals surface area contributed by atoms with Crippen LogP contribution >= 0.6 is 11.6 Å². The van der Waals surface area contributed by atoms with Crippen molar-refractivity contribution >= 4 is 23.4 Å². The molecule has 0 bridgehead atoms. The van der Waals surface area contributed by atoms with Crippen LogP contribution < -0.4 is 5.32 Å². The molecule has 0 fully saturated rings. The van der Waals surface area contributed by atoms with E-state index in [1.165, 1.54) is 11.8 Å². The maximum Gasteiger partial charge on any atom is 0.240 e. The van der Waals surface area contributed by atoms with Gasteiger partial charge in [-0.25, -0.2) is 0 Å². The summed E-state index contributed by atoms with van der Waals surface area (Å²) in [6.07, 6.45) is 0. The fourth-order valence-corrected chi connectivity index (χ4v) is 1.85. The first-order chi connectivity index (χ1) is 9.17. The van der Waals surface area contributed by atoms with E-state index in [0.717, 1.165) is 5.56 Å². The minimum Gasteiger partial charge on any atom is -0.350 e. The molecule has 1 rings (SSSR count). The molecule has 20 heavy (non-hydrogen) atoms. The molecular formula is C15H21ClN2O2. The standard InChI is InChI=1S/C15H21ClN2O2/c1-11(19)18(10-14(20)17-15(2,3)4)9-12-5-7-13(16)8-6-12/h5-8H,9-10H2,1-4H3,(H,17,20). The van der Waals surface area contributed by atoms with E-state index in [1.54, 1.807) is 12.1 Å². The molecule has 0 heterocycles. The van der Waals surface area contributed by atoms with E-state index in [4.69, 9.17) is 11.6 Å². The lowest BCUT2D eigenvalue weighted by molar-refractivity contribution is -0.135. The van der Waals surface area contributed by atoms with Gasteiger partial charge in [0, 0.05) is 24.0 Å². The summed E-state index contributed by atoms with van der Waals surface area (Å²) in [6.45, 7) is 7.62. The molecule has 0 aliphatic carbocycles. The molecule has 4 nitrogen and oxygen atoms in total. The van der Waals surface area contributed by atoms with Gasteiger partial charge in [0.2, 0.25) is 11.8 Å². The van der Waals surface area contributed by atoms with Crippen molar-refractivity contribution in [1.29, 1.82) is 0 Å². The lowest BCUT2D eigenvalue weighted by Crippen LogP contribution is -2.46. The summed E-state index contributed by atoms with van der Waals surface area (Å²) in [5, 5.41) is 3.49. The Balaban J connectivity index is 2.68. The molecule has 0 aliphatic rings. The molecule has 1 aromatic carbocycles. The second kappa shape index (κ2) is 6.75. The van der Waals surface area contributed by atoms with Gasteiger partial charge in [-0.3, -0.25) is 9.59 Å². The molecule has 0 aromatic heterocycles. The third-order valence-corrected chi connectivity index (χ3v) is 2.83. The van der Waals surface area contributed by atoms with E-state index in [2.05, 4.69) is 5.32 Å². The Morgan fingerprint density at radius 3 is 2.20 bits per heavy atom. The molecule has 0 radical (unpaired) electrons. The van der Waals surface area contributed by atoms with Gasteiger partial charge in [0.15, 0.2) is 0 Å². The van der Waals surface area contributed by atoms with Crippen molar-refractivity contribution in [1.82, 2.24) is 10.2 Å². The van der Waals surface area contributed by atoms with E-state index in [-0.39, 0.29) is 23.9 Å². The normalized spacial score (nSPS) is 11.1. The topological polar surface area (TPSA) is 49.4 Å². The Hall–Kier alpha value is -1.55. The van der Waals surface area contributed by atoms with Crippen LogP contribution in [0.15, 0.2) is 24.3 Å². The average molecular weight is 297 g/mol. The third-order valence-electron chi connectivity index (χ3n) is 2.58. The van der Waals surface area contributed by atoms with Gasteiger partial charge >= 0.3 is 0 Å². The maximum absolute atomic E-state index is 11.9. The maximum atomic E-state index is 11.9. The zero-order valence-electron chi connectivity index (χ0n) is 12.4. The molecule has 0 spiro atoms. The third kappa shape index (κ3) is 6.06. The molecule has 0 unspecified atom stereocenters. The molecule has 2 amide bonds. The number of hydrogen-bond donors (Lipinski definition) is 1. The SMILES string of the molecule is CC(=O)N(CC(=O)NC(C)(C)C)Cc1ccc(Cl)cc1. The first-order valence-electron chi connectivity index (χ1n) is 6.48. The summed E-state index contributed by atoms with van der Waals surface area (Å²) in [6, 6.07) is 7.23. The highest BCUT2D eigenvalue weighted by Gasteiger charge is 2.18. The van der Waals surface area contributed by atoms with Gasteiger partial charge in [-0.1, -0.05) is 23.7 Å². The Kier molecular flexibility index (Phi) is 5.57. The Bertz CT molecular complexity index is 478. The number of benzene rings is 1. The van der Waals surface area contributed by atoms with Crippen molar-refractivity contribution in [2.45, 2.75) is 39.8 Å². The first-order valence-corrected chi connectivity index (χ1v) is 6.86. The monoisotopic (exact) mass is 296 g/mol. The second-order valence-electron chi connectivity index (χ2n) is 5.80. The van der Waals surface area contributed by atoms with Gasteiger partial charge in [0.05, 0.1) is 6.54 Å². The quantitative estimate of drug-likeness (QED) is 0.928. The number of hydrogen-bond acceptors (Lipinski definition) is 2. The van der Waals surface area contributed by atoms with Gasteiger partial charge in [-0.15, -0.1) is 0 Å². The van der Waals surface area contributed by atoms with Crippen LogP contribution in [0.25, 0.3) is 0 Å². The van der Waals surface area contributed by atoms with E-state index >= 15 is 0 Å².